The van der Waals surface area contributed by atoms with Crippen molar-refractivity contribution in [2.24, 2.45) is 5.73 Å². The van der Waals surface area contributed by atoms with Crippen molar-refractivity contribution in [1.82, 2.24) is 0 Å². The normalized spacial score (nSPS) is 5.00. The summed E-state index contributed by atoms with van der Waals surface area (Å²) in [6, 6.07) is 0. The van der Waals surface area contributed by atoms with Gasteiger partial charge in [-0.05, 0) is 0 Å². The van der Waals surface area contributed by atoms with E-state index in [2.05, 4.69) is 5.73 Å². The standard InChI is InChI=1S/C2H5NO.Cd/c1-2(3)4;/h1H3,(H2,3,4);. The van der Waals surface area contributed by atoms with Crippen molar-refractivity contribution in [2.45, 2.75) is 6.92 Å². The maximum Gasteiger partial charge on any atom is 0.214 e. The second-order valence-electron chi connectivity index (χ2n) is 0.611. The molecular weight excluding hydrogens is 166 g/mol. The number of hydrogen-bond donors (Lipinski definition) is 1. The first-order valence-corrected chi connectivity index (χ1v) is 0.993. The summed E-state index contributed by atoms with van der Waals surface area (Å²) in [7, 11) is 0. The van der Waals surface area contributed by atoms with Gasteiger partial charge in [-0.3, -0.25) is 4.79 Å². The number of rotatable bonds is 0. The van der Waals surface area contributed by atoms with Crippen LogP contribution < -0.4 is 5.73 Å². The van der Waals surface area contributed by atoms with Crippen LogP contribution in [0.15, 0.2) is 0 Å². The summed E-state index contributed by atoms with van der Waals surface area (Å²) in [5, 5.41) is 0. The molecule has 0 radical (unpaired) electrons. The monoisotopic (exact) mass is 173 g/mol. The Morgan fingerprint density at radius 2 is 1.80 bits per heavy atom. The molecule has 0 aliphatic rings. The summed E-state index contributed by atoms with van der Waals surface area (Å²) < 4.78 is 0. The smallest absolute Gasteiger partial charge is 0.214 e. The van der Waals surface area contributed by atoms with E-state index in [1.165, 1.54) is 6.92 Å². The van der Waals surface area contributed by atoms with E-state index < -0.39 is 0 Å². The third-order valence-electron chi connectivity index (χ3n) is 0. The Bertz CT molecular complexity index is 32.6. The molecule has 2 nitrogen and oxygen atoms in total. The summed E-state index contributed by atoms with van der Waals surface area (Å²) in [6.45, 7) is 1.31. The minimum Gasteiger partial charge on any atom is -0.370 e. The van der Waals surface area contributed by atoms with Gasteiger partial charge in [-0.25, -0.2) is 0 Å². The van der Waals surface area contributed by atoms with Gasteiger partial charge in [0.25, 0.3) is 0 Å². The molecule has 0 heterocycles. The number of amides is 1. The zero-order chi connectivity index (χ0) is 3.58. The van der Waals surface area contributed by atoms with E-state index >= 15 is 0 Å². The van der Waals surface area contributed by atoms with Gasteiger partial charge in [0.15, 0.2) is 0 Å². The average Bonchev–Trinajstić information content (AvgIpc) is 0.811. The molecule has 0 spiro atoms. The second-order valence-corrected chi connectivity index (χ2v) is 0.611. The van der Waals surface area contributed by atoms with Gasteiger partial charge in [-0.1, -0.05) is 0 Å². The predicted molar refractivity (Wildman–Crippen MR) is 14.9 cm³/mol. The van der Waals surface area contributed by atoms with E-state index in [0.29, 0.717) is 0 Å². The van der Waals surface area contributed by atoms with Crippen molar-refractivity contribution in [2.75, 3.05) is 0 Å². The van der Waals surface area contributed by atoms with E-state index in [9.17, 15) is 4.79 Å². The van der Waals surface area contributed by atoms with Crippen molar-refractivity contribution in [3.63, 3.8) is 0 Å². The minimum absolute atomic E-state index is 0. The molecule has 0 saturated heterocycles. The van der Waals surface area contributed by atoms with Crippen molar-refractivity contribution in [3.8, 4) is 0 Å². The van der Waals surface area contributed by atoms with Crippen LogP contribution in [-0.4, -0.2) is 5.91 Å². The van der Waals surface area contributed by atoms with Gasteiger partial charge >= 0.3 is 0 Å². The quantitative estimate of drug-likeness (QED) is 0.490. The third kappa shape index (κ3) is 163. The molecule has 0 fully saturated rings. The maximum atomic E-state index is 9.22. The van der Waals surface area contributed by atoms with Crippen molar-refractivity contribution in [1.29, 1.82) is 0 Å². The predicted octanol–water partition coefficient (Wildman–Crippen LogP) is -0.511. The Morgan fingerprint density at radius 1 is 1.80 bits per heavy atom. The molecule has 3 heteroatoms. The molecule has 0 bridgehead atoms. The van der Waals surface area contributed by atoms with Crippen LogP contribution in [0.2, 0.25) is 0 Å². The number of carbonyl (C=O) groups is 1. The van der Waals surface area contributed by atoms with Crippen molar-refractivity contribution in [3.05, 3.63) is 0 Å². The Morgan fingerprint density at radius 3 is 1.80 bits per heavy atom. The largest absolute Gasteiger partial charge is 0.370 e. The van der Waals surface area contributed by atoms with Crippen LogP contribution in [0.25, 0.3) is 0 Å². The molecule has 1 amide bonds. The third-order valence-corrected chi connectivity index (χ3v) is 0. The topological polar surface area (TPSA) is 43.1 Å². The molecule has 2 N–H and O–H groups in total. The van der Waals surface area contributed by atoms with E-state index in [0.717, 1.165) is 0 Å². The molecule has 0 saturated carbocycles. The molecule has 0 atom stereocenters. The van der Waals surface area contributed by atoms with Gasteiger partial charge < -0.3 is 5.73 Å². The van der Waals surface area contributed by atoms with Crippen molar-refractivity contribution >= 4 is 5.91 Å². The minimum atomic E-state index is -0.333. The fourth-order valence-corrected chi connectivity index (χ4v) is 0. The zero-order valence-corrected chi connectivity index (χ0v) is 7.23. The van der Waals surface area contributed by atoms with Gasteiger partial charge in [0.1, 0.15) is 0 Å². The Labute approximate surface area is 50.9 Å². The summed E-state index contributed by atoms with van der Waals surface area (Å²) in [5.41, 5.74) is 4.47. The molecule has 0 aromatic rings. The number of carbonyl (C=O) groups excluding carboxylic acids is 1. The molecule has 0 aromatic carbocycles. The summed E-state index contributed by atoms with van der Waals surface area (Å²) in [5.74, 6) is -0.333. The summed E-state index contributed by atoms with van der Waals surface area (Å²) in [4.78, 5) is 9.22. The number of hydrogen-bond acceptors (Lipinski definition) is 1. The Kier molecular flexibility index (Phi) is 7.94. The van der Waals surface area contributed by atoms with Crippen LogP contribution in [-0.2, 0) is 32.1 Å². The molecule has 5 heavy (non-hydrogen) atoms. The van der Waals surface area contributed by atoms with Gasteiger partial charge in [-0.15, -0.1) is 0 Å². The van der Waals surface area contributed by atoms with Crippen LogP contribution in [0.5, 0.6) is 0 Å². The first-order valence-electron chi connectivity index (χ1n) is 0.993. The van der Waals surface area contributed by atoms with Gasteiger partial charge in [0.05, 0.1) is 0 Å². The Balaban J connectivity index is 0. The molecule has 0 rings (SSSR count). The van der Waals surface area contributed by atoms with Gasteiger partial charge in [0, 0.05) is 34.2 Å². The maximum absolute atomic E-state index is 9.22. The van der Waals surface area contributed by atoms with E-state index in [-0.39, 0.29) is 33.2 Å². The average molecular weight is 171 g/mol. The molecular formula is C2H5CdNO. The fraction of sp³-hybridized carbons (Fsp3) is 0.500. The SMILES string of the molecule is CC(N)=O.[Cd]. The van der Waals surface area contributed by atoms with E-state index in [1.54, 1.807) is 0 Å². The van der Waals surface area contributed by atoms with Crippen molar-refractivity contribution < 1.29 is 32.1 Å². The van der Waals surface area contributed by atoms with Crippen LogP contribution in [0, 0.1) is 0 Å². The molecule has 26 valence electrons. The van der Waals surface area contributed by atoms with Gasteiger partial charge in [0.2, 0.25) is 5.91 Å². The molecule has 0 unspecified atom stereocenters. The van der Waals surface area contributed by atoms with Crippen LogP contribution >= 0.6 is 0 Å². The number of nitrogens with two attached hydrogens (primary N) is 1. The summed E-state index contributed by atoms with van der Waals surface area (Å²) >= 11 is 0. The molecule has 0 aromatic heterocycles. The number of primary amides is 1. The first kappa shape index (κ1) is 9.04. The zero-order valence-electron chi connectivity index (χ0n) is 3.19. The van der Waals surface area contributed by atoms with Gasteiger partial charge in [-0.2, -0.15) is 0 Å². The van der Waals surface area contributed by atoms with Crippen LogP contribution in [0.4, 0.5) is 0 Å². The van der Waals surface area contributed by atoms with Crippen LogP contribution in [0.1, 0.15) is 6.92 Å². The Hall–Kier alpha value is 0.392. The van der Waals surface area contributed by atoms with E-state index in [1.807, 2.05) is 0 Å². The second kappa shape index (κ2) is 4.39. The molecule has 0 aliphatic heterocycles. The van der Waals surface area contributed by atoms with E-state index in [4.69, 9.17) is 0 Å². The molecule has 0 aliphatic carbocycles. The fourth-order valence-electron chi connectivity index (χ4n) is 0. The van der Waals surface area contributed by atoms with Crippen LogP contribution in [0.3, 0.4) is 0 Å². The summed E-state index contributed by atoms with van der Waals surface area (Å²) in [6.07, 6.45) is 0. The first-order chi connectivity index (χ1) is 1.73.